The largest absolute Gasteiger partial charge is 0.493 e. The Morgan fingerprint density at radius 3 is 1.97 bits per heavy atom. The molecule has 0 saturated carbocycles. The Kier molecular flexibility index (Phi) is 8.53. The number of amides is 1. The smallest absolute Gasteiger partial charge is 0.326 e. The van der Waals surface area contributed by atoms with Crippen molar-refractivity contribution in [2.24, 2.45) is 0 Å². The van der Waals surface area contributed by atoms with Crippen LogP contribution in [0.25, 0.3) is 0 Å². The summed E-state index contributed by atoms with van der Waals surface area (Å²) in [5.41, 5.74) is 1.84. The van der Waals surface area contributed by atoms with Crippen molar-refractivity contribution in [3.8, 4) is 17.2 Å². The lowest BCUT2D eigenvalue weighted by Crippen LogP contribution is -2.44. The van der Waals surface area contributed by atoms with Gasteiger partial charge in [-0.3, -0.25) is 14.9 Å². The van der Waals surface area contributed by atoms with E-state index in [1.54, 1.807) is 18.2 Å². The number of non-ortho nitro benzene ring substituents is 1. The number of hydrogen-bond acceptors (Lipinski definition) is 6. The molecule has 4 rings (SSSR count). The van der Waals surface area contributed by atoms with Gasteiger partial charge in [0.2, 0.25) is 5.91 Å². The Morgan fingerprint density at radius 1 is 0.872 bits per heavy atom. The van der Waals surface area contributed by atoms with E-state index in [4.69, 9.17) is 9.47 Å². The number of nitrogens with one attached hydrogen (secondary N) is 1. The lowest BCUT2D eigenvalue weighted by atomic mass is 9.90. The van der Waals surface area contributed by atoms with Gasteiger partial charge < -0.3 is 19.9 Å². The van der Waals surface area contributed by atoms with Gasteiger partial charge in [0, 0.05) is 24.1 Å². The molecule has 198 valence electrons. The van der Waals surface area contributed by atoms with E-state index in [-0.39, 0.29) is 17.9 Å². The predicted molar refractivity (Wildman–Crippen MR) is 144 cm³/mol. The molecule has 1 amide bonds. The number of carboxylic acid groups (broad SMARTS) is 1. The number of methoxy groups -OCH3 is 1. The monoisotopic (exact) mass is 526 g/mol. The molecule has 4 aromatic carbocycles. The molecule has 0 aliphatic rings. The highest BCUT2D eigenvalue weighted by atomic mass is 16.6. The molecule has 9 nitrogen and oxygen atoms in total. The van der Waals surface area contributed by atoms with Crippen molar-refractivity contribution in [3.05, 3.63) is 130 Å². The topological polar surface area (TPSA) is 128 Å². The minimum absolute atomic E-state index is 0.0948. The number of nitro groups is 1. The number of rotatable bonds is 11. The number of nitro benzene ring substituents is 1. The van der Waals surface area contributed by atoms with E-state index in [2.05, 4.69) is 5.32 Å². The van der Waals surface area contributed by atoms with Gasteiger partial charge in [0.1, 0.15) is 11.8 Å². The maximum Gasteiger partial charge on any atom is 0.326 e. The van der Waals surface area contributed by atoms with Crippen LogP contribution in [0, 0.1) is 10.1 Å². The first-order valence-corrected chi connectivity index (χ1v) is 12.1. The first kappa shape index (κ1) is 26.9. The minimum Gasteiger partial charge on any atom is -0.493 e. The van der Waals surface area contributed by atoms with Crippen LogP contribution < -0.4 is 14.8 Å². The number of ether oxygens (including phenoxy) is 2. The van der Waals surface area contributed by atoms with Crippen LogP contribution in [-0.4, -0.2) is 35.1 Å². The van der Waals surface area contributed by atoms with Gasteiger partial charge >= 0.3 is 5.97 Å². The van der Waals surface area contributed by atoms with Crippen LogP contribution in [0.2, 0.25) is 0 Å². The van der Waals surface area contributed by atoms with Crippen LogP contribution >= 0.6 is 0 Å². The molecule has 2 N–H and O–H groups in total. The Hall–Kier alpha value is -5.18. The second-order valence-electron chi connectivity index (χ2n) is 8.66. The van der Waals surface area contributed by atoms with E-state index in [1.807, 2.05) is 60.7 Å². The lowest BCUT2D eigenvalue weighted by molar-refractivity contribution is -0.384. The fraction of sp³-hybridized carbons (Fsp3) is 0.133. The van der Waals surface area contributed by atoms with Gasteiger partial charge in [0.05, 0.1) is 18.0 Å². The SMILES string of the molecule is COc1cccc(C[C@H](NC(=O)C(c2ccccc2)c2ccccc2)C(=O)O)c1Oc1ccc([N+](=O)[O-])cc1. The summed E-state index contributed by atoms with van der Waals surface area (Å²) in [7, 11) is 1.45. The maximum absolute atomic E-state index is 13.5. The number of carbonyl (C=O) groups excluding carboxylic acids is 1. The van der Waals surface area contributed by atoms with E-state index in [0.29, 0.717) is 17.1 Å². The summed E-state index contributed by atoms with van der Waals surface area (Å²) in [6.07, 6.45) is -0.100. The molecule has 0 saturated heterocycles. The summed E-state index contributed by atoms with van der Waals surface area (Å²) < 4.78 is 11.4. The zero-order valence-electron chi connectivity index (χ0n) is 21.0. The number of hydrogen-bond donors (Lipinski definition) is 2. The average Bonchev–Trinajstić information content (AvgIpc) is 2.95. The quantitative estimate of drug-likeness (QED) is 0.199. The number of carbonyl (C=O) groups is 2. The van der Waals surface area contributed by atoms with Gasteiger partial charge in [-0.05, 0) is 29.3 Å². The number of nitrogens with zero attached hydrogens (tertiary/aromatic N) is 1. The highest BCUT2D eigenvalue weighted by Crippen LogP contribution is 2.36. The third kappa shape index (κ3) is 6.58. The molecule has 39 heavy (non-hydrogen) atoms. The highest BCUT2D eigenvalue weighted by Gasteiger charge is 2.29. The summed E-state index contributed by atoms with van der Waals surface area (Å²) in [4.78, 5) is 36.3. The van der Waals surface area contributed by atoms with Gasteiger partial charge in [-0.1, -0.05) is 72.8 Å². The van der Waals surface area contributed by atoms with Gasteiger partial charge in [-0.15, -0.1) is 0 Å². The van der Waals surface area contributed by atoms with Crippen molar-refractivity contribution >= 4 is 17.6 Å². The van der Waals surface area contributed by atoms with Gasteiger partial charge in [0.25, 0.3) is 5.69 Å². The van der Waals surface area contributed by atoms with Crippen molar-refractivity contribution < 1.29 is 29.1 Å². The average molecular weight is 527 g/mol. The Morgan fingerprint density at radius 2 is 1.46 bits per heavy atom. The molecule has 0 aliphatic heterocycles. The standard InChI is InChI=1S/C30H26N2O7/c1-38-26-14-8-13-22(28(26)39-24-17-15-23(16-18-24)32(36)37)19-25(30(34)35)31-29(33)27(20-9-4-2-5-10-20)21-11-6-3-7-12-21/h2-18,25,27H,19H2,1H3,(H,31,33)(H,34,35)/t25-/m0/s1. The van der Waals surface area contributed by atoms with Crippen molar-refractivity contribution in [1.82, 2.24) is 5.32 Å². The van der Waals surface area contributed by atoms with Crippen LogP contribution in [0.1, 0.15) is 22.6 Å². The van der Waals surface area contributed by atoms with E-state index in [1.165, 1.54) is 31.4 Å². The molecule has 0 bridgehead atoms. The van der Waals surface area contributed by atoms with Crippen LogP contribution in [0.15, 0.2) is 103 Å². The number of benzene rings is 4. The number of para-hydroxylation sites is 1. The molecular formula is C30H26N2O7. The summed E-state index contributed by atoms with van der Waals surface area (Å²) in [5.74, 6) is -1.50. The number of aliphatic carboxylic acids is 1. The van der Waals surface area contributed by atoms with Gasteiger partial charge in [-0.25, -0.2) is 4.79 Å². The molecule has 0 unspecified atom stereocenters. The van der Waals surface area contributed by atoms with Crippen LogP contribution in [0.4, 0.5) is 5.69 Å². The van der Waals surface area contributed by atoms with E-state index in [9.17, 15) is 24.8 Å². The molecule has 0 aromatic heterocycles. The Labute approximate surface area is 224 Å². The fourth-order valence-electron chi connectivity index (χ4n) is 4.21. The summed E-state index contributed by atoms with van der Waals surface area (Å²) in [6, 6.07) is 27.5. The zero-order chi connectivity index (χ0) is 27.8. The van der Waals surface area contributed by atoms with Crippen LogP contribution in [-0.2, 0) is 16.0 Å². The fourth-order valence-corrected chi connectivity index (χ4v) is 4.21. The lowest BCUT2D eigenvalue weighted by Gasteiger charge is -2.22. The molecule has 0 fully saturated rings. The van der Waals surface area contributed by atoms with E-state index in [0.717, 1.165) is 11.1 Å². The first-order chi connectivity index (χ1) is 18.9. The minimum atomic E-state index is -1.28. The molecule has 0 spiro atoms. The molecule has 4 aromatic rings. The molecule has 1 atom stereocenters. The molecule has 9 heteroatoms. The number of carboxylic acids is 1. The molecule has 0 radical (unpaired) electrons. The van der Waals surface area contributed by atoms with Crippen LogP contribution in [0.3, 0.4) is 0 Å². The summed E-state index contributed by atoms with van der Waals surface area (Å²) in [6.45, 7) is 0. The second kappa shape index (κ2) is 12.4. The third-order valence-corrected chi connectivity index (χ3v) is 6.11. The predicted octanol–water partition coefficient (Wildman–Crippen LogP) is 5.34. The van der Waals surface area contributed by atoms with Crippen molar-refractivity contribution in [3.63, 3.8) is 0 Å². The van der Waals surface area contributed by atoms with Gasteiger partial charge in [0.15, 0.2) is 11.5 Å². The second-order valence-corrected chi connectivity index (χ2v) is 8.66. The van der Waals surface area contributed by atoms with Crippen LogP contribution in [0.5, 0.6) is 17.2 Å². The van der Waals surface area contributed by atoms with Crippen molar-refractivity contribution in [1.29, 1.82) is 0 Å². The van der Waals surface area contributed by atoms with Gasteiger partial charge in [-0.2, -0.15) is 0 Å². The first-order valence-electron chi connectivity index (χ1n) is 12.1. The third-order valence-electron chi connectivity index (χ3n) is 6.11. The van der Waals surface area contributed by atoms with E-state index < -0.39 is 28.8 Å². The molecular weight excluding hydrogens is 500 g/mol. The maximum atomic E-state index is 13.5. The molecule has 0 aliphatic carbocycles. The Bertz CT molecular complexity index is 1400. The summed E-state index contributed by atoms with van der Waals surface area (Å²) in [5, 5.41) is 23.7. The van der Waals surface area contributed by atoms with E-state index >= 15 is 0 Å². The molecule has 0 heterocycles. The zero-order valence-corrected chi connectivity index (χ0v) is 21.0. The Balaban J connectivity index is 1.62. The highest BCUT2D eigenvalue weighted by molar-refractivity contribution is 5.90. The van der Waals surface area contributed by atoms with Crippen molar-refractivity contribution in [2.45, 2.75) is 18.4 Å². The van der Waals surface area contributed by atoms with Crippen molar-refractivity contribution in [2.75, 3.05) is 7.11 Å². The summed E-state index contributed by atoms with van der Waals surface area (Å²) >= 11 is 0. The normalized spacial score (nSPS) is 11.4.